The van der Waals surface area contributed by atoms with Crippen molar-refractivity contribution in [2.45, 2.75) is 6.85 Å². The smallest absolute Gasteiger partial charge is 0.252 e. The van der Waals surface area contributed by atoms with Crippen LogP contribution in [0.4, 0.5) is 0 Å². The van der Waals surface area contributed by atoms with Crippen LogP contribution in [0.25, 0.3) is 55.0 Å². The van der Waals surface area contributed by atoms with Gasteiger partial charge in [0.25, 0.3) is 6.71 Å². The first-order valence-electron chi connectivity index (χ1n) is 13.3. The number of aromatic nitrogens is 2. The first-order chi connectivity index (χ1) is 18.0. The van der Waals surface area contributed by atoms with Gasteiger partial charge in [0.1, 0.15) is 0 Å². The summed E-state index contributed by atoms with van der Waals surface area (Å²) in [5, 5.41) is 4.92. The van der Waals surface area contributed by atoms with Crippen LogP contribution in [0.5, 0.6) is 0 Å². The second kappa shape index (κ2) is 5.63. The second-order valence-electron chi connectivity index (χ2n) is 9.55. The fourth-order valence-corrected chi connectivity index (χ4v) is 6.80. The summed E-state index contributed by atoms with van der Waals surface area (Å²) in [6.45, 7) is -2.22. The maximum Gasteiger partial charge on any atom is 0.252 e. The average Bonchev–Trinajstić information content (AvgIpc) is 3.43. The molecule has 5 aromatic carbocycles. The second-order valence-corrected chi connectivity index (χ2v) is 9.55. The van der Waals surface area contributed by atoms with Crippen LogP contribution in [0.15, 0.2) is 97.1 Å². The van der Waals surface area contributed by atoms with Crippen LogP contribution in [-0.2, 0) is 0 Å². The fourth-order valence-electron chi connectivity index (χ4n) is 6.80. The zero-order valence-corrected chi connectivity index (χ0v) is 18.2. The van der Waals surface area contributed by atoms with Gasteiger partial charge in [-0.25, -0.2) is 0 Å². The van der Waals surface area contributed by atoms with E-state index in [4.69, 9.17) is 4.11 Å². The largest absolute Gasteiger partial charge is 0.310 e. The Bertz CT molecular complexity index is 2150. The zero-order chi connectivity index (χ0) is 24.6. The van der Waals surface area contributed by atoms with E-state index < -0.39 is 6.85 Å². The molecule has 3 heteroatoms. The average molecular weight is 433 g/mol. The van der Waals surface area contributed by atoms with Crippen LogP contribution in [0.3, 0.4) is 0 Å². The molecule has 156 valence electrons. The Labute approximate surface area is 201 Å². The molecule has 2 aromatic heterocycles. The molecule has 34 heavy (non-hydrogen) atoms. The van der Waals surface area contributed by atoms with Crippen LogP contribution >= 0.6 is 0 Å². The lowest BCUT2D eigenvalue weighted by molar-refractivity contribution is 1.16. The van der Waals surface area contributed by atoms with Gasteiger partial charge in [0, 0.05) is 42.5 Å². The van der Waals surface area contributed by atoms with Gasteiger partial charge in [-0.2, -0.15) is 0 Å². The minimum Gasteiger partial charge on any atom is -0.310 e. The van der Waals surface area contributed by atoms with E-state index in [1.165, 1.54) is 54.7 Å². The van der Waals surface area contributed by atoms with Gasteiger partial charge >= 0.3 is 0 Å². The van der Waals surface area contributed by atoms with E-state index in [9.17, 15) is 0 Å². The topological polar surface area (TPSA) is 9.86 Å². The molecular formula is C31H19BN2. The van der Waals surface area contributed by atoms with Crippen LogP contribution in [-0.4, -0.2) is 15.8 Å². The highest BCUT2D eigenvalue weighted by molar-refractivity contribution is 7.00. The van der Waals surface area contributed by atoms with Gasteiger partial charge in [0.2, 0.25) is 0 Å². The predicted octanol–water partition coefficient (Wildman–Crippen LogP) is 5.33. The summed E-state index contributed by atoms with van der Waals surface area (Å²) >= 11 is 0. The predicted molar refractivity (Wildman–Crippen MR) is 145 cm³/mol. The fraction of sp³-hybridized carbons (Fsp3) is 0.0323. The number of rotatable bonds is 0. The Kier molecular flexibility index (Phi) is 2.45. The summed E-state index contributed by atoms with van der Waals surface area (Å²) in [7, 11) is 0. The molecule has 0 unspecified atom stereocenters. The minimum atomic E-state index is -2.17. The molecule has 2 nitrogen and oxygen atoms in total. The monoisotopic (exact) mass is 433 g/mol. The maximum atomic E-state index is 8.16. The highest BCUT2D eigenvalue weighted by atomic mass is 15.0. The first-order valence-corrected chi connectivity index (χ1v) is 11.8. The number of nitrogens with zero attached hydrogens (tertiary/aromatic N) is 2. The Morgan fingerprint density at radius 3 is 2.06 bits per heavy atom. The highest BCUT2D eigenvalue weighted by Crippen LogP contribution is 2.39. The van der Waals surface area contributed by atoms with Crippen molar-refractivity contribution in [1.82, 2.24) is 9.13 Å². The van der Waals surface area contributed by atoms with Crippen LogP contribution in [0.2, 0.25) is 0 Å². The van der Waals surface area contributed by atoms with Crippen molar-refractivity contribution in [3.05, 3.63) is 103 Å². The van der Waals surface area contributed by atoms with Crippen LogP contribution in [0, 0.1) is 6.85 Å². The summed E-state index contributed by atoms with van der Waals surface area (Å²) in [4.78, 5) is 0. The molecule has 0 saturated heterocycles. The van der Waals surface area contributed by atoms with Crippen LogP contribution in [0.1, 0.15) is 9.68 Å². The third-order valence-electron chi connectivity index (χ3n) is 8.00. The Balaban J connectivity index is 1.57. The van der Waals surface area contributed by atoms with E-state index >= 15 is 0 Å². The molecular weight excluding hydrogens is 411 g/mol. The summed E-state index contributed by atoms with van der Waals surface area (Å²) in [5.74, 6) is 0. The lowest BCUT2D eigenvalue weighted by Crippen LogP contribution is -2.59. The summed E-state index contributed by atoms with van der Waals surface area (Å²) in [6, 6.07) is 34.0. The minimum absolute atomic E-state index is 0.0478. The molecule has 0 amide bonds. The number of hydrogen-bond acceptors (Lipinski definition) is 0. The highest BCUT2D eigenvalue weighted by Gasteiger charge is 2.40. The molecule has 0 spiro atoms. The van der Waals surface area contributed by atoms with E-state index in [0.717, 1.165) is 16.7 Å². The van der Waals surface area contributed by atoms with Crippen molar-refractivity contribution in [3.8, 4) is 11.4 Å². The van der Waals surface area contributed by atoms with Crippen LogP contribution < -0.4 is 16.4 Å². The van der Waals surface area contributed by atoms with Gasteiger partial charge in [-0.3, -0.25) is 0 Å². The lowest BCUT2D eigenvalue weighted by Gasteiger charge is -2.33. The van der Waals surface area contributed by atoms with Crippen molar-refractivity contribution < 1.29 is 4.11 Å². The summed E-state index contributed by atoms with van der Waals surface area (Å²) in [6.07, 6.45) is 0. The van der Waals surface area contributed by atoms with E-state index in [1.54, 1.807) is 6.07 Å². The molecule has 0 radical (unpaired) electrons. The molecule has 0 N–H and O–H groups in total. The number of hydrogen-bond donors (Lipinski definition) is 0. The van der Waals surface area contributed by atoms with E-state index in [2.05, 4.69) is 88.0 Å². The van der Waals surface area contributed by atoms with Gasteiger partial charge < -0.3 is 9.13 Å². The molecule has 2 aliphatic rings. The van der Waals surface area contributed by atoms with Crippen molar-refractivity contribution in [2.24, 2.45) is 0 Å². The Morgan fingerprint density at radius 2 is 1.26 bits per heavy atom. The molecule has 0 saturated carbocycles. The first kappa shape index (κ1) is 14.8. The molecule has 0 aliphatic carbocycles. The van der Waals surface area contributed by atoms with Crippen molar-refractivity contribution in [3.63, 3.8) is 0 Å². The van der Waals surface area contributed by atoms with Crippen molar-refractivity contribution >= 4 is 66.7 Å². The number of para-hydroxylation sites is 3. The normalized spacial score (nSPS) is 15.1. The number of fused-ring (bicyclic) bond motifs is 11. The Hall–Kier alpha value is -4.24. The molecule has 0 fully saturated rings. The third-order valence-corrected chi connectivity index (χ3v) is 8.00. The lowest BCUT2D eigenvalue weighted by atomic mass is 9.34. The molecule has 9 rings (SSSR count). The number of aryl methyl sites for hydroxylation is 1. The quantitative estimate of drug-likeness (QED) is 0.286. The van der Waals surface area contributed by atoms with Gasteiger partial charge in [-0.1, -0.05) is 78.4 Å². The molecule has 7 aromatic rings. The van der Waals surface area contributed by atoms with E-state index in [0.29, 0.717) is 5.56 Å². The zero-order valence-electron chi connectivity index (χ0n) is 21.2. The standard InChI is InChI=1S/C31H19BN2/c1-18-13-15-27-24(17-18)32-23-10-6-9-21-19-7-2-5-12-26(19)34(30(21)23)28-16-14-22-20-8-3-4-11-25(20)33(27)31(22)29(28)32/h2-17H,1H3/i1D3. The van der Waals surface area contributed by atoms with Gasteiger partial charge in [0.05, 0.1) is 16.6 Å². The van der Waals surface area contributed by atoms with Crippen molar-refractivity contribution in [2.75, 3.05) is 0 Å². The molecule has 2 aliphatic heterocycles. The maximum absolute atomic E-state index is 8.16. The van der Waals surface area contributed by atoms with E-state index in [1.807, 2.05) is 12.1 Å². The Morgan fingerprint density at radius 1 is 0.588 bits per heavy atom. The SMILES string of the molecule is [2H]C([2H])([2H])c1ccc2c(c1)B1c3cccc4c5ccccc5n(c34)-c3ccc4c5ccccc5n-2c4c31. The number of benzene rings is 5. The molecule has 0 atom stereocenters. The van der Waals surface area contributed by atoms with Crippen molar-refractivity contribution in [1.29, 1.82) is 0 Å². The van der Waals surface area contributed by atoms with E-state index in [-0.39, 0.29) is 6.71 Å². The van der Waals surface area contributed by atoms with Gasteiger partial charge in [-0.15, -0.1) is 0 Å². The van der Waals surface area contributed by atoms with Gasteiger partial charge in [0.15, 0.2) is 0 Å². The van der Waals surface area contributed by atoms with Gasteiger partial charge in [-0.05, 0) is 47.5 Å². The third kappa shape index (κ3) is 1.78. The summed E-state index contributed by atoms with van der Waals surface area (Å²) in [5.41, 5.74) is 11.0. The summed E-state index contributed by atoms with van der Waals surface area (Å²) < 4.78 is 29.3. The molecule has 4 heterocycles. The molecule has 0 bridgehead atoms.